The van der Waals surface area contributed by atoms with Gasteiger partial charge in [-0.05, 0) is 24.3 Å². The van der Waals surface area contributed by atoms with Crippen LogP contribution in [-0.2, 0) is 9.47 Å². The first-order valence-electron chi connectivity index (χ1n) is 12.7. The zero-order valence-corrected chi connectivity index (χ0v) is 22.4. The normalized spacial score (nSPS) is 21.4. The molecule has 0 saturated carbocycles. The number of phenols is 7. The number of benzene rings is 3. The molecule has 45 heavy (non-hydrogen) atoms. The number of rotatable bonds is 6. The van der Waals surface area contributed by atoms with Crippen LogP contribution in [0.3, 0.4) is 0 Å². The molecule has 0 bridgehead atoms. The summed E-state index contributed by atoms with van der Waals surface area (Å²) in [4.78, 5) is 25.6. The lowest BCUT2D eigenvalue weighted by Gasteiger charge is -2.41. The quantitative estimate of drug-likeness (QED) is 0.0995. The highest BCUT2D eigenvalue weighted by atomic mass is 16.7. The van der Waals surface area contributed by atoms with E-state index in [4.69, 9.17) is 18.6 Å². The zero-order chi connectivity index (χ0) is 32.9. The molecule has 4 aromatic rings. The van der Waals surface area contributed by atoms with Gasteiger partial charge >= 0.3 is 5.97 Å². The highest BCUT2D eigenvalue weighted by molar-refractivity contribution is 5.91. The van der Waals surface area contributed by atoms with Gasteiger partial charge in [-0.25, -0.2) is 4.79 Å². The Morgan fingerprint density at radius 1 is 0.778 bits per heavy atom. The van der Waals surface area contributed by atoms with Crippen LogP contribution in [0.1, 0.15) is 10.4 Å². The van der Waals surface area contributed by atoms with Crippen LogP contribution in [0.2, 0.25) is 0 Å². The lowest BCUT2D eigenvalue weighted by Crippen LogP contribution is -2.61. The Morgan fingerprint density at radius 2 is 1.42 bits per heavy atom. The van der Waals surface area contributed by atoms with E-state index < -0.39 is 117 Å². The standard InChI is InChI=1S/C28H24O17/c29-7-17-21(37)23(39)26(45-27(41)9-2-12(32)19(35)13(33)3-9)28(44-17)43-16-4-8(1-14(34)20(16)36)25-24(40)22(38)18-11(31)5-10(30)6-15(18)42-25/h1-6,17,21,23,26,28-37,39-40H,7H2/t17-,21-,23-,26-,28+/m0/s1. The van der Waals surface area contributed by atoms with Gasteiger partial charge in [0.05, 0.1) is 12.2 Å². The Balaban J connectivity index is 1.54. The number of carbonyl (C=O) groups excluding carboxylic acids is 1. The molecule has 0 aliphatic carbocycles. The highest BCUT2D eigenvalue weighted by Gasteiger charge is 2.48. The van der Waals surface area contributed by atoms with Gasteiger partial charge in [0.2, 0.25) is 23.2 Å². The summed E-state index contributed by atoms with van der Waals surface area (Å²) in [6.45, 7) is -0.883. The molecule has 1 saturated heterocycles. The van der Waals surface area contributed by atoms with Crippen molar-refractivity contribution in [3.63, 3.8) is 0 Å². The molecule has 11 N–H and O–H groups in total. The van der Waals surface area contributed by atoms with Crippen molar-refractivity contribution in [1.29, 1.82) is 0 Å². The number of phenolic OH excluding ortho intramolecular Hbond substituents is 7. The van der Waals surface area contributed by atoms with Crippen LogP contribution in [-0.4, -0.2) is 99.5 Å². The van der Waals surface area contributed by atoms with E-state index in [9.17, 15) is 65.8 Å². The first kappa shape index (κ1) is 30.8. The summed E-state index contributed by atoms with van der Waals surface area (Å²) in [5, 5.41) is 111. The van der Waals surface area contributed by atoms with E-state index >= 15 is 0 Å². The predicted molar refractivity (Wildman–Crippen MR) is 145 cm³/mol. The minimum Gasteiger partial charge on any atom is -0.508 e. The van der Waals surface area contributed by atoms with E-state index in [1.807, 2.05) is 0 Å². The van der Waals surface area contributed by atoms with E-state index in [-0.39, 0.29) is 11.1 Å². The number of carbonyl (C=O) groups is 1. The van der Waals surface area contributed by atoms with Gasteiger partial charge < -0.3 is 74.8 Å². The molecule has 0 amide bonds. The zero-order valence-electron chi connectivity index (χ0n) is 22.4. The monoisotopic (exact) mass is 632 g/mol. The van der Waals surface area contributed by atoms with Gasteiger partial charge in [-0.1, -0.05) is 0 Å². The molecule has 0 spiro atoms. The van der Waals surface area contributed by atoms with Crippen LogP contribution in [0.4, 0.5) is 0 Å². The third-order valence-electron chi connectivity index (χ3n) is 6.87. The average molecular weight is 632 g/mol. The molecule has 1 aliphatic heterocycles. The van der Waals surface area contributed by atoms with E-state index in [1.54, 1.807) is 0 Å². The summed E-state index contributed by atoms with van der Waals surface area (Å²) >= 11 is 0. The van der Waals surface area contributed by atoms with Crippen molar-refractivity contribution in [1.82, 2.24) is 0 Å². The van der Waals surface area contributed by atoms with Crippen molar-refractivity contribution in [2.24, 2.45) is 0 Å². The van der Waals surface area contributed by atoms with Crippen molar-refractivity contribution in [2.75, 3.05) is 6.61 Å². The molecule has 1 aliphatic rings. The molecule has 1 aromatic heterocycles. The average Bonchev–Trinajstić information content (AvgIpc) is 2.98. The third-order valence-corrected chi connectivity index (χ3v) is 6.87. The smallest absolute Gasteiger partial charge is 0.339 e. The maximum absolute atomic E-state index is 12.8. The van der Waals surface area contributed by atoms with Crippen LogP contribution >= 0.6 is 0 Å². The van der Waals surface area contributed by atoms with Gasteiger partial charge in [0.25, 0.3) is 0 Å². The number of aromatic hydroxyl groups is 8. The minimum absolute atomic E-state index is 0.321. The molecule has 238 valence electrons. The Kier molecular flexibility index (Phi) is 7.86. The van der Waals surface area contributed by atoms with Gasteiger partial charge in [-0.3, -0.25) is 4.79 Å². The van der Waals surface area contributed by atoms with Crippen molar-refractivity contribution in [2.45, 2.75) is 30.7 Å². The predicted octanol–water partition coefficient (Wildman–Crippen LogP) is 0.148. The van der Waals surface area contributed by atoms with Crippen LogP contribution in [0.15, 0.2) is 45.6 Å². The second kappa shape index (κ2) is 11.5. The number of hydrogen-bond donors (Lipinski definition) is 11. The fraction of sp³-hybridized carbons (Fsp3) is 0.214. The first-order valence-corrected chi connectivity index (χ1v) is 12.7. The lowest BCUT2D eigenvalue weighted by atomic mass is 9.99. The van der Waals surface area contributed by atoms with Crippen LogP contribution in [0.25, 0.3) is 22.3 Å². The molecular weight excluding hydrogens is 608 g/mol. The molecule has 0 radical (unpaired) electrons. The second-order valence-electron chi connectivity index (χ2n) is 9.85. The third kappa shape index (κ3) is 5.47. The van der Waals surface area contributed by atoms with Gasteiger partial charge in [0.1, 0.15) is 40.8 Å². The summed E-state index contributed by atoms with van der Waals surface area (Å²) in [6.07, 6.45) is -9.35. The fourth-order valence-electron chi connectivity index (χ4n) is 4.60. The number of hydrogen-bond acceptors (Lipinski definition) is 17. The lowest BCUT2D eigenvalue weighted by molar-refractivity contribution is -0.276. The molecule has 5 atom stereocenters. The van der Waals surface area contributed by atoms with Crippen LogP contribution < -0.4 is 10.2 Å². The van der Waals surface area contributed by atoms with E-state index in [1.165, 1.54) is 0 Å². The largest absolute Gasteiger partial charge is 0.508 e. The number of aliphatic hydroxyl groups is 3. The topological polar surface area (TPSA) is 298 Å². The minimum atomic E-state index is -2.02. The van der Waals surface area contributed by atoms with Gasteiger partial charge in [-0.15, -0.1) is 0 Å². The van der Waals surface area contributed by atoms with Crippen molar-refractivity contribution < 1.29 is 79.6 Å². The van der Waals surface area contributed by atoms with Crippen molar-refractivity contribution in [3.05, 3.63) is 52.2 Å². The summed E-state index contributed by atoms with van der Waals surface area (Å²) < 4.78 is 21.7. The fourth-order valence-corrected chi connectivity index (χ4v) is 4.60. The van der Waals surface area contributed by atoms with Crippen LogP contribution in [0, 0.1) is 0 Å². The Morgan fingerprint density at radius 3 is 2.07 bits per heavy atom. The van der Waals surface area contributed by atoms with E-state index in [2.05, 4.69) is 0 Å². The summed E-state index contributed by atoms with van der Waals surface area (Å²) in [5.41, 5.74) is -2.36. The maximum atomic E-state index is 12.8. The summed E-state index contributed by atoms with van der Waals surface area (Å²) in [7, 11) is 0. The maximum Gasteiger partial charge on any atom is 0.339 e. The Hall–Kier alpha value is -5.62. The van der Waals surface area contributed by atoms with Gasteiger partial charge in [0, 0.05) is 17.7 Å². The highest BCUT2D eigenvalue weighted by Crippen LogP contribution is 2.44. The SMILES string of the molecule is O=C(O[C@@H]1[C@H](Oc2cc(-c3oc4cc(O)cc(O)c4c(=O)c3O)cc(O)c2O)O[C@@H](CO)[C@H](O)[C@@H]1O)c1cc(O)c(O)c(O)c1. The molecule has 1 fully saturated rings. The number of esters is 1. The summed E-state index contributed by atoms with van der Waals surface area (Å²) in [6, 6.07) is 4.97. The molecule has 3 aromatic carbocycles. The van der Waals surface area contributed by atoms with Crippen molar-refractivity contribution >= 4 is 16.9 Å². The molecule has 5 rings (SSSR count). The first-order chi connectivity index (χ1) is 21.2. The van der Waals surface area contributed by atoms with E-state index in [0.29, 0.717) is 12.1 Å². The molecule has 0 unspecified atom stereocenters. The van der Waals surface area contributed by atoms with Crippen molar-refractivity contribution in [3.8, 4) is 63.1 Å². The number of aliphatic hydroxyl groups excluding tert-OH is 3. The Bertz CT molecular complexity index is 1840. The van der Waals surface area contributed by atoms with Gasteiger partial charge in [-0.2, -0.15) is 0 Å². The molecule has 17 nitrogen and oxygen atoms in total. The molecule has 17 heteroatoms. The molecule has 2 heterocycles. The van der Waals surface area contributed by atoms with E-state index in [0.717, 1.165) is 24.3 Å². The van der Waals surface area contributed by atoms with Crippen LogP contribution in [0.5, 0.6) is 51.7 Å². The summed E-state index contributed by atoms with van der Waals surface area (Å²) in [5.74, 6) is -9.55. The number of ether oxygens (including phenoxy) is 3. The Labute approximate surface area is 249 Å². The number of fused-ring (bicyclic) bond motifs is 1. The second-order valence-corrected chi connectivity index (χ2v) is 9.85. The molecular formula is C28H24O17. The van der Waals surface area contributed by atoms with Gasteiger partial charge in [0.15, 0.2) is 40.6 Å².